The molecule has 1 rings (SSSR count). The van der Waals surface area contributed by atoms with Gasteiger partial charge in [-0.1, -0.05) is 13.8 Å². The van der Waals surface area contributed by atoms with Crippen molar-refractivity contribution >= 4 is 11.8 Å². The molecule has 1 nitrogen and oxygen atoms in total. The molecule has 11 heavy (non-hydrogen) atoms. The first kappa shape index (κ1) is 9.40. The molecule has 0 saturated carbocycles. The lowest BCUT2D eigenvalue weighted by molar-refractivity contribution is 0.229. The first-order valence-electron chi connectivity index (χ1n) is 4.48. The minimum absolute atomic E-state index is 0.353. The van der Waals surface area contributed by atoms with E-state index < -0.39 is 0 Å². The Labute approximate surface area is 73.6 Å². The summed E-state index contributed by atoms with van der Waals surface area (Å²) < 4.78 is 0. The Morgan fingerprint density at radius 3 is 2.73 bits per heavy atom. The van der Waals surface area contributed by atoms with E-state index in [-0.39, 0.29) is 0 Å². The van der Waals surface area contributed by atoms with Crippen LogP contribution < -0.4 is 0 Å². The van der Waals surface area contributed by atoms with Crippen molar-refractivity contribution in [3.63, 3.8) is 0 Å². The van der Waals surface area contributed by atoms with Gasteiger partial charge in [0.25, 0.3) is 0 Å². The molecule has 0 spiro atoms. The van der Waals surface area contributed by atoms with Crippen LogP contribution in [0.4, 0.5) is 0 Å². The van der Waals surface area contributed by atoms with Crippen molar-refractivity contribution in [3.8, 4) is 0 Å². The minimum atomic E-state index is 0.353. The second-order valence-electron chi connectivity index (χ2n) is 3.67. The Morgan fingerprint density at radius 1 is 1.55 bits per heavy atom. The SMILES string of the molecule is CC(CO)CC1CCC(C)S1. The second-order valence-corrected chi connectivity index (χ2v) is 5.41. The molecule has 1 fully saturated rings. The highest BCUT2D eigenvalue weighted by Gasteiger charge is 2.22. The first-order chi connectivity index (χ1) is 5.22. The molecule has 0 aromatic heterocycles. The van der Waals surface area contributed by atoms with E-state index in [9.17, 15) is 0 Å². The molecule has 2 heteroatoms. The van der Waals surface area contributed by atoms with Crippen LogP contribution in [0.25, 0.3) is 0 Å². The summed E-state index contributed by atoms with van der Waals surface area (Å²) in [5.74, 6) is 0.498. The monoisotopic (exact) mass is 174 g/mol. The third-order valence-electron chi connectivity index (χ3n) is 2.30. The molecule has 1 N–H and O–H groups in total. The van der Waals surface area contributed by atoms with Gasteiger partial charge in [-0.05, 0) is 25.2 Å². The normalized spacial score (nSPS) is 34.1. The summed E-state index contributed by atoms with van der Waals surface area (Å²) >= 11 is 2.10. The Hall–Kier alpha value is 0.310. The highest BCUT2D eigenvalue weighted by Crippen LogP contribution is 2.36. The molecule has 0 aromatic carbocycles. The van der Waals surface area contributed by atoms with Crippen LogP contribution in [0.2, 0.25) is 0 Å². The molecule has 0 amide bonds. The van der Waals surface area contributed by atoms with Crippen LogP contribution in [0.3, 0.4) is 0 Å². The predicted molar refractivity (Wildman–Crippen MR) is 50.9 cm³/mol. The molecule has 3 atom stereocenters. The fourth-order valence-electron chi connectivity index (χ4n) is 1.58. The maximum Gasteiger partial charge on any atom is 0.0457 e. The lowest BCUT2D eigenvalue weighted by atomic mass is 10.0. The summed E-state index contributed by atoms with van der Waals surface area (Å²) in [7, 11) is 0. The third kappa shape index (κ3) is 3.04. The van der Waals surface area contributed by atoms with Gasteiger partial charge in [0.1, 0.15) is 0 Å². The molecule has 66 valence electrons. The van der Waals surface area contributed by atoms with Gasteiger partial charge in [-0.3, -0.25) is 0 Å². The largest absolute Gasteiger partial charge is 0.396 e. The van der Waals surface area contributed by atoms with Crippen molar-refractivity contribution < 1.29 is 5.11 Å². The van der Waals surface area contributed by atoms with E-state index in [0.717, 1.165) is 10.5 Å². The van der Waals surface area contributed by atoms with Crippen molar-refractivity contribution in [2.45, 2.75) is 43.6 Å². The van der Waals surface area contributed by atoms with Crippen LogP contribution in [0.15, 0.2) is 0 Å². The van der Waals surface area contributed by atoms with Gasteiger partial charge in [-0.25, -0.2) is 0 Å². The van der Waals surface area contributed by atoms with Gasteiger partial charge in [0.05, 0.1) is 0 Å². The molecule has 0 bridgehead atoms. The van der Waals surface area contributed by atoms with E-state index in [1.807, 2.05) is 0 Å². The van der Waals surface area contributed by atoms with Crippen molar-refractivity contribution in [3.05, 3.63) is 0 Å². The molecule has 1 aliphatic rings. The van der Waals surface area contributed by atoms with Crippen LogP contribution >= 0.6 is 11.8 Å². The second kappa shape index (κ2) is 4.36. The number of hydrogen-bond donors (Lipinski definition) is 1. The smallest absolute Gasteiger partial charge is 0.0457 e. The highest BCUT2D eigenvalue weighted by molar-refractivity contribution is 8.00. The average Bonchev–Trinajstić information content (AvgIpc) is 2.35. The van der Waals surface area contributed by atoms with E-state index in [4.69, 9.17) is 5.11 Å². The molecule has 3 unspecified atom stereocenters. The van der Waals surface area contributed by atoms with Crippen LogP contribution in [0.1, 0.15) is 33.1 Å². The topological polar surface area (TPSA) is 20.2 Å². The summed E-state index contributed by atoms with van der Waals surface area (Å²) in [5.41, 5.74) is 0. The Bertz CT molecular complexity index is 116. The van der Waals surface area contributed by atoms with Crippen LogP contribution in [0, 0.1) is 5.92 Å². The zero-order valence-electron chi connectivity index (χ0n) is 7.42. The van der Waals surface area contributed by atoms with E-state index in [2.05, 4.69) is 25.6 Å². The van der Waals surface area contributed by atoms with Crippen LogP contribution in [0.5, 0.6) is 0 Å². The molecule has 0 aromatic rings. The van der Waals surface area contributed by atoms with E-state index in [1.54, 1.807) is 0 Å². The third-order valence-corrected chi connectivity index (χ3v) is 3.81. The summed E-state index contributed by atoms with van der Waals surface area (Å²) in [5, 5.41) is 10.5. The number of aliphatic hydroxyl groups is 1. The molecular weight excluding hydrogens is 156 g/mol. The summed E-state index contributed by atoms with van der Waals surface area (Å²) in [4.78, 5) is 0. The molecule has 0 radical (unpaired) electrons. The van der Waals surface area contributed by atoms with Crippen molar-refractivity contribution in [2.75, 3.05) is 6.61 Å². The maximum absolute atomic E-state index is 8.85. The number of hydrogen-bond acceptors (Lipinski definition) is 2. The Morgan fingerprint density at radius 2 is 2.27 bits per heavy atom. The Kier molecular flexibility index (Phi) is 3.73. The zero-order valence-corrected chi connectivity index (χ0v) is 8.23. The average molecular weight is 174 g/mol. The molecular formula is C9H18OS. The maximum atomic E-state index is 8.85. The molecule has 1 heterocycles. The number of rotatable bonds is 3. The number of thioether (sulfide) groups is 1. The fourth-order valence-corrected chi connectivity index (χ4v) is 3.22. The van der Waals surface area contributed by atoms with Crippen molar-refractivity contribution in [1.29, 1.82) is 0 Å². The van der Waals surface area contributed by atoms with Gasteiger partial charge in [0.2, 0.25) is 0 Å². The minimum Gasteiger partial charge on any atom is -0.396 e. The first-order valence-corrected chi connectivity index (χ1v) is 5.43. The van der Waals surface area contributed by atoms with Gasteiger partial charge in [-0.15, -0.1) is 0 Å². The summed E-state index contributed by atoms with van der Waals surface area (Å²) in [6.45, 7) is 4.78. The van der Waals surface area contributed by atoms with E-state index in [1.165, 1.54) is 19.3 Å². The number of aliphatic hydroxyl groups excluding tert-OH is 1. The Balaban J connectivity index is 2.17. The lowest BCUT2D eigenvalue weighted by Crippen LogP contribution is -2.08. The standard InChI is InChI=1S/C9H18OS/c1-7(6-10)5-9-4-3-8(2)11-9/h7-10H,3-6H2,1-2H3. The van der Waals surface area contributed by atoms with Gasteiger partial charge in [-0.2, -0.15) is 11.8 Å². The predicted octanol–water partition coefficient (Wildman–Crippen LogP) is 2.29. The summed E-state index contributed by atoms with van der Waals surface area (Å²) in [6.07, 6.45) is 3.93. The quantitative estimate of drug-likeness (QED) is 0.708. The van der Waals surface area contributed by atoms with Crippen LogP contribution in [-0.2, 0) is 0 Å². The highest BCUT2D eigenvalue weighted by atomic mass is 32.2. The van der Waals surface area contributed by atoms with Gasteiger partial charge < -0.3 is 5.11 Å². The molecule has 1 saturated heterocycles. The fraction of sp³-hybridized carbons (Fsp3) is 1.00. The van der Waals surface area contributed by atoms with Gasteiger partial charge in [0.15, 0.2) is 0 Å². The van der Waals surface area contributed by atoms with Crippen molar-refractivity contribution in [2.24, 2.45) is 5.92 Å². The van der Waals surface area contributed by atoms with Crippen molar-refractivity contribution in [1.82, 2.24) is 0 Å². The van der Waals surface area contributed by atoms with Gasteiger partial charge in [0, 0.05) is 17.1 Å². The molecule has 1 aliphatic heterocycles. The van der Waals surface area contributed by atoms with Crippen LogP contribution in [-0.4, -0.2) is 22.2 Å². The molecule has 0 aliphatic carbocycles. The lowest BCUT2D eigenvalue weighted by Gasteiger charge is -2.13. The van der Waals surface area contributed by atoms with E-state index >= 15 is 0 Å². The van der Waals surface area contributed by atoms with Gasteiger partial charge >= 0.3 is 0 Å². The van der Waals surface area contributed by atoms with E-state index in [0.29, 0.717) is 12.5 Å². The zero-order chi connectivity index (χ0) is 8.27. The summed E-state index contributed by atoms with van der Waals surface area (Å²) in [6, 6.07) is 0.